The molecule has 0 saturated carbocycles. The second-order valence-electron chi connectivity index (χ2n) is 7.06. The molecular weight excluding hydrogens is 254 g/mol. The molecule has 1 aliphatic heterocycles. The smallest absolute Gasteiger partial charge is 0.144 e. The highest BCUT2D eigenvalue weighted by atomic mass is 16.6. The molecular formula is C15H31N3O2. The van der Waals surface area contributed by atoms with Gasteiger partial charge < -0.3 is 20.2 Å². The third-order valence-corrected chi connectivity index (χ3v) is 3.70. The molecule has 20 heavy (non-hydrogen) atoms. The number of rotatable bonds is 5. The molecule has 0 amide bonds. The first kappa shape index (κ1) is 17.4. The highest BCUT2D eigenvalue weighted by molar-refractivity contribution is 5.87. The third kappa shape index (κ3) is 6.20. The topological polar surface area (TPSA) is 57.1 Å². The summed E-state index contributed by atoms with van der Waals surface area (Å²) in [6, 6.07) is 0.501. The molecule has 0 bridgehead atoms. The Hall–Kier alpha value is -0.650. The van der Waals surface area contributed by atoms with Crippen molar-refractivity contribution in [1.82, 2.24) is 10.2 Å². The first-order valence-electron chi connectivity index (χ1n) is 7.51. The molecule has 1 aliphatic rings. The number of aliphatic hydroxyl groups is 1. The standard InChI is InChI=1S/C15H31N3O2/c1-11-9-18(6)12(2)7-14(11)17-20-10-13(19)8-16-15(3,4)5/h11-13,16,19H,7-10H2,1-6H3/t11-,12-,13-/m1/s1. The number of hydrogen-bond acceptors (Lipinski definition) is 5. The molecule has 0 spiro atoms. The van der Waals surface area contributed by atoms with Crippen LogP contribution in [0.25, 0.3) is 0 Å². The average Bonchev–Trinajstić information content (AvgIpc) is 2.32. The van der Waals surface area contributed by atoms with Crippen molar-refractivity contribution >= 4 is 5.71 Å². The van der Waals surface area contributed by atoms with Crippen LogP contribution in [0.2, 0.25) is 0 Å². The SMILES string of the molecule is C[C@@H]1CN(C)[C@H](C)CC1=NOC[C@H](O)CNC(C)(C)C. The maximum atomic E-state index is 9.84. The quantitative estimate of drug-likeness (QED) is 0.751. The van der Waals surface area contributed by atoms with Crippen molar-refractivity contribution in [3.8, 4) is 0 Å². The van der Waals surface area contributed by atoms with Gasteiger partial charge in [0.2, 0.25) is 0 Å². The zero-order valence-corrected chi connectivity index (χ0v) is 13.8. The molecule has 2 N–H and O–H groups in total. The number of likely N-dealkylation sites (tertiary alicyclic amines) is 1. The van der Waals surface area contributed by atoms with Crippen LogP contribution in [0.15, 0.2) is 5.16 Å². The van der Waals surface area contributed by atoms with Crippen molar-refractivity contribution in [2.24, 2.45) is 11.1 Å². The highest BCUT2D eigenvalue weighted by Crippen LogP contribution is 2.18. The van der Waals surface area contributed by atoms with Crippen LogP contribution in [0.3, 0.4) is 0 Å². The maximum Gasteiger partial charge on any atom is 0.144 e. The van der Waals surface area contributed by atoms with Gasteiger partial charge in [0.25, 0.3) is 0 Å². The van der Waals surface area contributed by atoms with Gasteiger partial charge >= 0.3 is 0 Å². The van der Waals surface area contributed by atoms with Gasteiger partial charge in [-0.1, -0.05) is 12.1 Å². The number of nitrogens with zero attached hydrogens (tertiary/aromatic N) is 2. The Morgan fingerprint density at radius 3 is 2.70 bits per heavy atom. The predicted octanol–water partition coefficient (Wildman–Crippen LogP) is 1.47. The molecule has 0 aliphatic carbocycles. The van der Waals surface area contributed by atoms with Crippen LogP contribution in [0, 0.1) is 5.92 Å². The van der Waals surface area contributed by atoms with Crippen LogP contribution in [-0.4, -0.2) is 60.1 Å². The summed E-state index contributed by atoms with van der Waals surface area (Å²) in [6.45, 7) is 12.4. The zero-order valence-electron chi connectivity index (χ0n) is 13.8. The summed E-state index contributed by atoms with van der Waals surface area (Å²) in [5.74, 6) is 0.418. The van der Waals surface area contributed by atoms with Gasteiger partial charge in [-0.25, -0.2) is 0 Å². The molecule has 1 heterocycles. The molecule has 0 unspecified atom stereocenters. The molecule has 0 aromatic heterocycles. The molecule has 5 heteroatoms. The van der Waals surface area contributed by atoms with Gasteiger partial charge in [0.1, 0.15) is 12.7 Å². The Balaban J connectivity index is 2.33. The lowest BCUT2D eigenvalue weighted by atomic mass is 9.93. The van der Waals surface area contributed by atoms with E-state index in [2.05, 4.69) is 57.0 Å². The van der Waals surface area contributed by atoms with E-state index in [0.717, 1.165) is 18.7 Å². The minimum atomic E-state index is -0.530. The number of piperidine rings is 1. The number of aliphatic hydroxyl groups excluding tert-OH is 1. The molecule has 5 nitrogen and oxygen atoms in total. The fraction of sp³-hybridized carbons (Fsp3) is 0.933. The molecule has 0 radical (unpaired) electrons. The monoisotopic (exact) mass is 285 g/mol. The second-order valence-corrected chi connectivity index (χ2v) is 7.06. The van der Waals surface area contributed by atoms with Gasteiger partial charge in [0, 0.05) is 37.0 Å². The Kier molecular flexibility index (Phi) is 6.43. The lowest BCUT2D eigenvalue weighted by molar-refractivity contribution is 0.0354. The molecule has 0 aromatic carbocycles. The van der Waals surface area contributed by atoms with Gasteiger partial charge in [-0.2, -0.15) is 0 Å². The predicted molar refractivity (Wildman–Crippen MR) is 83.0 cm³/mol. The van der Waals surface area contributed by atoms with Crippen molar-refractivity contribution in [1.29, 1.82) is 0 Å². The molecule has 1 saturated heterocycles. The molecule has 3 atom stereocenters. The van der Waals surface area contributed by atoms with Crippen molar-refractivity contribution < 1.29 is 9.94 Å². The van der Waals surface area contributed by atoms with Gasteiger partial charge in [-0.3, -0.25) is 0 Å². The van der Waals surface area contributed by atoms with Crippen LogP contribution in [0.1, 0.15) is 41.0 Å². The molecule has 0 aromatic rings. The van der Waals surface area contributed by atoms with E-state index in [0.29, 0.717) is 18.5 Å². The third-order valence-electron chi connectivity index (χ3n) is 3.70. The van der Waals surface area contributed by atoms with Crippen molar-refractivity contribution in [3.05, 3.63) is 0 Å². The Morgan fingerprint density at radius 2 is 2.10 bits per heavy atom. The normalized spacial score (nSPS) is 28.6. The molecule has 1 rings (SSSR count). The fourth-order valence-electron chi connectivity index (χ4n) is 2.19. The first-order valence-corrected chi connectivity index (χ1v) is 7.51. The lowest BCUT2D eigenvalue weighted by Gasteiger charge is -2.34. The summed E-state index contributed by atoms with van der Waals surface area (Å²) >= 11 is 0. The lowest BCUT2D eigenvalue weighted by Crippen LogP contribution is -2.43. The second kappa shape index (κ2) is 7.38. The van der Waals surface area contributed by atoms with E-state index in [1.165, 1.54) is 0 Å². The van der Waals surface area contributed by atoms with Crippen LogP contribution in [-0.2, 0) is 4.84 Å². The largest absolute Gasteiger partial charge is 0.393 e. The summed E-state index contributed by atoms with van der Waals surface area (Å²) in [7, 11) is 2.14. The minimum absolute atomic E-state index is 0.00474. The Labute approximate surface area is 123 Å². The number of nitrogens with one attached hydrogen (secondary N) is 1. The average molecular weight is 285 g/mol. The van der Waals surface area contributed by atoms with Crippen LogP contribution in [0.5, 0.6) is 0 Å². The van der Waals surface area contributed by atoms with E-state index in [1.807, 2.05) is 0 Å². The maximum absolute atomic E-state index is 9.84. The van der Waals surface area contributed by atoms with E-state index in [9.17, 15) is 5.11 Å². The Bertz CT molecular complexity index is 326. The van der Waals surface area contributed by atoms with Gasteiger partial charge in [-0.15, -0.1) is 0 Å². The van der Waals surface area contributed by atoms with Gasteiger partial charge in [-0.05, 0) is 34.7 Å². The first-order chi connectivity index (χ1) is 9.19. The Morgan fingerprint density at radius 1 is 1.45 bits per heavy atom. The molecule has 1 fully saturated rings. The van der Waals surface area contributed by atoms with Crippen molar-refractivity contribution in [2.75, 3.05) is 26.7 Å². The summed E-state index contributed by atoms with van der Waals surface area (Å²) in [4.78, 5) is 7.67. The van der Waals surface area contributed by atoms with Crippen LogP contribution >= 0.6 is 0 Å². The summed E-state index contributed by atoms with van der Waals surface area (Å²) < 4.78 is 0. The number of hydrogen-bond donors (Lipinski definition) is 2. The van der Waals surface area contributed by atoms with E-state index in [1.54, 1.807) is 0 Å². The van der Waals surface area contributed by atoms with Crippen LogP contribution < -0.4 is 5.32 Å². The van der Waals surface area contributed by atoms with Crippen molar-refractivity contribution in [3.63, 3.8) is 0 Å². The highest BCUT2D eigenvalue weighted by Gasteiger charge is 2.25. The summed E-state index contributed by atoms with van der Waals surface area (Å²) in [5.41, 5.74) is 1.11. The van der Waals surface area contributed by atoms with E-state index >= 15 is 0 Å². The van der Waals surface area contributed by atoms with Crippen LogP contribution in [0.4, 0.5) is 0 Å². The number of β-amino-alcohol motifs (C(OH)–C–C–N with tert-alkyl or cyclic N) is 1. The van der Waals surface area contributed by atoms with E-state index < -0.39 is 6.10 Å². The van der Waals surface area contributed by atoms with Gasteiger partial charge in [0.15, 0.2) is 0 Å². The van der Waals surface area contributed by atoms with Gasteiger partial charge in [0.05, 0.1) is 5.71 Å². The van der Waals surface area contributed by atoms with E-state index in [4.69, 9.17) is 4.84 Å². The van der Waals surface area contributed by atoms with E-state index in [-0.39, 0.29) is 12.1 Å². The minimum Gasteiger partial charge on any atom is -0.393 e. The van der Waals surface area contributed by atoms with Crippen molar-refractivity contribution in [2.45, 2.75) is 58.7 Å². The summed E-state index contributed by atoms with van der Waals surface area (Å²) in [6.07, 6.45) is 0.408. The number of oxime groups is 1. The molecule has 118 valence electrons. The summed E-state index contributed by atoms with van der Waals surface area (Å²) in [5, 5.41) is 17.3. The fourth-order valence-corrected chi connectivity index (χ4v) is 2.19. The zero-order chi connectivity index (χ0) is 15.3.